The third kappa shape index (κ3) is 2.71. The maximum absolute atomic E-state index is 12.2. The molecule has 0 aromatic heterocycles. The van der Waals surface area contributed by atoms with Crippen LogP contribution >= 0.6 is 11.6 Å². The standard InChI is InChI=1S/C15H15ClN2O/c1-9-5-3-8-13(10(9)2)18-15(19)11-6-4-7-12(16)14(11)17/h3-8H,17H2,1-2H3,(H,18,19). The fraction of sp³-hybridized carbons (Fsp3) is 0.133. The third-order valence-corrected chi connectivity index (χ3v) is 3.48. The molecule has 0 unspecified atom stereocenters. The second-order valence-corrected chi connectivity index (χ2v) is 4.81. The Kier molecular flexibility index (Phi) is 3.76. The number of benzene rings is 2. The number of nitrogens with one attached hydrogen (secondary N) is 1. The summed E-state index contributed by atoms with van der Waals surface area (Å²) in [5, 5.41) is 3.24. The zero-order valence-electron chi connectivity index (χ0n) is 10.8. The molecular weight excluding hydrogens is 260 g/mol. The monoisotopic (exact) mass is 274 g/mol. The number of hydrogen-bond donors (Lipinski definition) is 2. The van der Waals surface area contributed by atoms with Gasteiger partial charge in [-0.25, -0.2) is 0 Å². The molecule has 19 heavy (non-hydrogen) atoms. The number of carbonyl (C=O) groups is 1. The van der Waals surface area contributed by atoms with Crippen molar-refractivity contribution in [2.45, 2.75) is 13.8 Å². The Morgan fingerprint density at radius 1 is 1.16 bits per heavy atom. The Hall–Kier alpha value is -2.00. The van der Waals surface area contributed by atoms with Gasteiger partial charge in [0.15, 0.2) is 0 Å². The molecule has 0 saturated heterocycles. The molecule has 2 rings (SSSR count). The van der Waals surface area contributed by atoms with Crippen LogP contribution in [0.15, 0.2) is 36.4 Å². The number of anilines is 2. The summed E-state index contributed by atoms with van der Waals surface area (Å²) in [4.78, 5) is 12.2. The van der Waals surface area contributed by atoms with Gasteiger partial charge in [0.25, 0.3) is 5.91 Å². The molecule has 0 saturated carbocycles. The number of aryl methyl sites for hydroxylation is 1. The molecule has 0 aliphatic heterocycles. The number of nitrogens with two attached hydrogens (primary N) is 1. The first kappa shape index (κ1) is 13.4. The lowest BCUT2D eigenvalue weighted by atomic mass is 10.1. The van der Waals surface area contributed by atoms with Crippen molar-refractivity contribution in [3.8, 4) is 0 Å². The number of rotatable bonds is 2. The van der Waals surface area contributed by atoms with Crippen LogP contribution in [0.2, 0.25) is 5.02 Å². The van der Waals surface area contributed by atoms with Gasteiger partial charge in [0.2, 0.25) is 0 Å². The van der Waals surface area contributed by atoms with E-state index in [9.17, 15) is 4.79 Å². The summed E-state index contributed by atoms with van der Waals surface area (Å²) >= 11 is 5.91. The van der Waals surface area contributed by atoms with Crippen LogP contribution in [0.1, 0.15) is 21.5 Å². The summed E-state index contributed by atoms with van der Waals surface area (Å²) in [6, 6.07) is 10.8. The summed E-state index contributed by atoms with van der Waals surface area (Å²) < 4.78 is 0. The summed E-state index contributed by atoms with van der Waals surface area (Å²) in [5.74, 6) is -0.256. The fourth-order valence-electron chi connectivity index (χ4n) is 1.81. The topological polar surface area (TPSA) is 55.1 Å². The Balaban J connectivity index is 2.31. The van der Waals surface area contributed by atoms with E-state index < -0.39 is 0 Å². The van der Waals surface area contributed by atoms with Gasteiger partial charge >= 0.3 is 0 Å². The van der Waals surface area contributed by atoms with Crippen LogP contribution in [-0.2, 0) is 0 Å². The highest BCUT2D eigenvalue weighted by Crippen LogP contribution is 2.24. The molecule has 0 aliphatic rings. The first-order valence-electron chi connectivity index (χ1n) is 5.92. The molecule has 3 N–H and O–H groups in total. The molecule has 98 valence electrons. The van der Waals surface area contributed by atoms with Gasteiger partial charge in [0.05, 0.1) is 16.3 Å². The van der Waals surface area contributed by atoms with Crippen LogP contribution in [0.5, 0.6) is 0 Å². The lowest BCUT2D eigenvalue weighted by molar-refractivity contribution is 0.102. The Labute approximate surface area is 117 Å². The van der Waals surface area contributed by atoms with Crippen LogP contribution in [0.25, 0.3) is 0 Å². The molecule has 0 aliphatic carbocycles. The molecule has 0 bridgehead atoms. The average molecular weight is 275 g/mol. The minimum Gasteiger partial charge on any atom is -0.397 e. The quantitative estimate of drug-likeness (QED) is 0.819. The van der Waals surface area contributed by atoms with Gasteiger partial charge in [-0.1, -0.05) is 29.8 Å². The van der Waals surface area contributed by atoms with Crippen molar-refractivity contribution in [2.24, 2.45) is 0 Å². The van der Waals surface area contributed by atoms with Gasteiger partial charge in [-0.05, 0) is 43.2 Å². The maximum atomic E-state index is 12.2. The molecule has 0 spiro atoms. The van der Waals surface area contributed by atoms with E-state index in [4.69, 9.17) is 17.3 Å². The normalized spacial score (nSPS) is 10.3. The predicted octanol–water partition coefficient (Wildman–Crippen LogP) is 3.79. The summed E-state index contributed by atoms with van der Waals surface area (Å²) in [7, 11) is 0. The van der Waals surface area contributed by atoms with Gasteiger partial charge in [0, 0.05) is 5.69 Å². The van der Waals surface area contributed by atoms with E-state index in [2.05, 4.69) is 5.32 Å². The average Bonchev–Trinajstić information content (AvgIpc) is 2.38. The highest BCUT2D eigenvalue weighted by Gasteiger charge is 2.13. The maximum Gasteiger partial charge on any atom is 0.257 e. The molecule has 3 nitrogen and oxygen atoms in total. The molecule has 2 aromatic rings. The van der Waals surface area contributed by atoms with Crippen molar-refractivity contribution in [1.29, 1.82) is 0 Å². The Morgan fingerprint density at radius 3 is 2.58 bits per heavy atom. The van der Waals surface area contributed by atoms with Gasteiger partial charge in [-0.2, -0.15) is 0 Å². The minimum absolute atomic E-state index is 0.256. The van der Waals surface area contributed by atoms with Crippen LogP contribution in [-0.4, -0.2) is 5.91 Å². The largest absolute Gasteiger partial charge is 0.397 e. The van der Waals surface area contributed by atoms with Crippen LogP contribution < -0.4 is 11.1 Å². The molecule has 0 heterocycles. The van der Waals surface area contributed by atoms with Gasteiger partial charge in [-0.3, -0.25) is 4.79 Å². The number of halogens is 1. The molecule has 0 radical (unpaired) electrons. The second kappa shape index (κ2) is 5.33. The Bertz CT molecular complexity index is 638. The van der Waals surface area contributed by atoms with E-state index in [0.717, 1.165) is 16.8 Å². The number of para-hydroxylation sites is 1. The van der Waals surface area contributed by atoms with Crippen molar-refractivity contribution < 1.29 is 4.79 Å². The highest BCUT2D eigenvalue weighted by molar-refractivity contribution is 6.34. The van der Waals surface area contributed by atoms with Crippen molar-refractivity contribution >= 4 is 28.9 Å². The predicted molar refractivity (Wildman–Crippen MR) is 79.7 cm³/mol. The zero-order valence-corrected chi connectivity index (χ0v) is 11.6. The van der Waals surface area contributed by atoms with Gasteiger partial charge < -0.3 is 11.1 Å². The molecule has 2 aromatic carbocycles. The summed E-state index contributed by atoms with van der Waals surface area (Å²) in [6.45, 7) is 3.96. The lowest BCUT2D eigenvalue weighted by Crippen LogP contribution is -2.15. The van der Waals surface area contributed by atoms with Crippen molar-refractivity contribution in [3.05, 3.63) is 58.1 Å². The Morgan fingerprint density at radius 2 is 1.84 bits per heavy atom. The first-order chi connectivity index (χ1) is 9.00. The van der Waals surface area contributed by atoms with E-state index >= 15 is 0 Å². The SMILES string of the molecule is Cc1cccc(NC(=O)c2cccc(Cl)c2N)c1C. The first-order valence-corrected chi connectivity index (χ1v) is 6.30. The second-order valence-electron chi connectivity index (χ2n) is 4.40. The van der Waals surface area contributed by atoms with Crippen LogP contribution in [0.3, 0.4) is 0 Å². The van der Waals surface area contributed by atoms with Gasteiger partial charge in [-0.15, -0.1) is 0 Å². The van der Waals surface area contributed by atoms with Crippen LogP contribution in [0.4, 0.5) is 11.4 Å². The van der Waals surface area contributed by atoms with E-state index in [0.29, 0.717) is 16.3 Å². The van der Waals surface area contributed by atoms with E-state index in [1.165, 1.54) is 0 Å². The van der Waals surface area contributed by atoms with Crippen molar-refractivity contribution in [2.75, 3.05) is 11.1 Å². The minimum atomic E-state index is -0.256. The highest BCUT2D eigenvalue weighted by atomic mass is 35.5. The van der Waals surface area contributed by atoms with Crippen LogP contribution in [0, 0.1) is 13.8 Å². The smallest absolute Gasteiger partial charge is 0.257 e. The fourth-order valence-corrected chi connectivity index (χ4v) is 1.99. The molecule has 1 amide bonds. The summed E-state index contributed by atoms with van der Waals surface area (Å²) in [5.41, 5.74) is 9.44. The zero-order chi connectivity index (χ0) is 14.0. The van der Waals surface area contributed by atoms with Gasteiger partial charge in [0.1, 0.15) is 0 Å². The molecule has 0 atom stereocenters. The van der Waals surface area contributed by atoms with E-state index in [1.807, 2.05) is 32.0 Å². The third-order valence-electron chi connectivity index (χ3n) is 3.15. The number of amides is 1. The molecule has 4 heteroatoms. The summed E-state index contributed by atoms with van der Waals surface area (Å²) in [6.07, 6.45) is 0. The molecule has 0 fully saturated rings. The number of nitrogen functional groups attached to an aromatic ring is 1. The van der Waals surface area contributed by atoms with Crippen molar-refractivity contribution in [3.63, 3.8) is 0 Å². The molecular formula is C15H15ClN2O. The van der Waals surface area contributed by atoms with Crippen molar-refractivity contribution in [1.82, 2.24) is 0 Å². The lowest BCUT2D eigenvalue weighted by Gasteiger charge is -2.12. The van der Waals surface area contributed by atoms with E-state index in [1.54, 1.807) is 18.2 Å². The number of hydrogen-bond acceptors (Lipinski definition) is 2. The number of carbonyl (C=O) groups excluding carboxylic acids is 1. The van der Waals surface area contributed by atoms with E-state index in [-0.39, 0.29) is 5.91 Å².